The fourth-order valence-electron chi connectivity index (χ4n) is 1.89. The SMILES string of the molecule is CCOc1cccc(OCc2cc(C)c(C(=O)NN)o2)c1. The molecule has 3 N–H and O–H groups in total. The highest BCUT2D eigenvalue weighted by Gasteiger charge is 2.14. The maximum absolute atomic E-state index is 11.5. The summed E-state index contributed by atoms with van der Waals surface area (Å²) in [5.74, 6) is 6.78. The molecule has 1 aromatic heterocycles. The molecular formula is C15H18N2O4. The number of nitrogens with one attached hydrogen (secondary N) is 1. The van der Waals surface area contributed by atoms with Crippen LogP contribution in [0.1, 0.15) is 28.8 Å². The largest absolute Gasteiger partial charge is 0.494 e. The summed E-state index contributed by atoms with van der Waals surface area (Å²) in [6.45, 7) is 4.50. The Bertz CT molecular complexity index is 622. The predicted molar refractivity (Wildman–Crippen MR) is 77.0 cm³/mol. The number of hydrogen-bond donors (Lipinski definition) is 2. The van der Waals surface area contributed by atoms with Crippen LogP contribution in [0.3, 0.4) is 0 Å². The highest BCUT2D eigenvalue weighted by Crippen LogP contribution is 2.21. The number of nitrogens with two attached hydrogens (primary N) is 1. The second kappa shape index (κ2) is 6.81. The minimum Gasteiger partial charge on any atom is -0.494 e. The van der Waals surface area contributed by atoms with Crippen molar-refractivity contribution in [1.29, 1.82) is 0 Å². The molecule has 2 rings (SSSR count). The topological polar surface area (TPSA) is 86.7 Å². The van der Waals surface area contributed by atoms with Crippen molar-refractivity contribution in [1.82, 2.24) is 5.43 Å². The first-order valence-corrected chi connectivity index (χ1v) is 6.60. The van der Waals surface area contributed by atoms with E-state index in [0.717, 1.165) is 5.75 Å². The minimum atomic E-state index is -0.461. The third-order valence-electron chi connectivity index (χ3n) is 2.80. The fourth-order valence-corrected chi connectivity index (χ4v) is 1.89. The molecule has 0 saturated carbocycles. The van der Waals surface area contributed by atoms with Crippen LogP contribution in [0.15, 0.2) is 34.7 Å². The molecule has 0 saturated heterocycles. The molecule has 1 heterocycles. The van der Waals surface area contributed by atoms with Gasteiger partial charge in [-0.25, -0.2) is 5.84 Å². The summed E-state index contributed by atoms with van der Waals surface area (Å²) in [5.41, 5.74) is 2.75. The summed E-state index contributed by atoms with van der Waals surface area (Å²) in [4.78, 5) is 11.5. The average Bonchev–Trinajstić information content (AvgIpc) is 2.86. The molecule has 1 aromatic carbocycles. The van der Waals surface area contributed by atoms with E-state index >= 15 is 0 Å². The van der Waals surface area contributed by atoms with E-state index in [1.807, 2.05) is 30.5 Å². The standard InChI is InChI=1S/C15H18N2O4/c1-3-19-11-5-4-6-12(8-11)20-9-13-7-10(2)14(21-13)15(18)17-16/h4-8H,3,9,16H2,1-2H3,(H,17,18). The van der Waals surface area contributed by atoms with Crippen molar-refractivity contribution in [2.75, 3.05) is 6.61 Å². The summed E-state index contributed by atoms with van der Waals surface area (Å²) in [5, 5.41) is 0. The third-order valence-corrected chi connectivity index (χ3v) is 2.80. The molecule has 0 atom stereocenters. The number of furan rings is 1. The number of benzene rings is 1. The Morgan fingerprint density at radius 1 is 1.29 bits per heavy atom. The van der Waals surface area contributed by atoms with Crippen molar-refractivity contribution >= 4 is 5.91 Å². The van der Waals surface area contributed by atoms with Crippen LogP contribution in [-0.4, -0.2) is 12.5 Å². The predicted octanol–water partition coefficient (Wildman–Crippen LogP) is 2.17. The van der Waals surface area contributed by atoms with Crippen molar-refractivity contribution in [3.05, 3.63) is 47.4 Å². The lowest BCUT2D eigenvalue weighted by Gasteiger charge is -2.07. The van der Waals surface area contributed by atoms with Crippen LogP contribution in [0.2, 0.25) is 0 Å². The van der Waals surface area contributed by atoms with Gasteiger partial charge >= 0.3 is 5.91 Å². The average molecular weight is 290 g/mol. The minimum absolute atomic E-state index is 0.194. The lowest BCUT2D eigenvalue weighted by Crippen LogP contribution is -2.30. The van der Waals surface area contributed by atoms with Crippen molar-refractivity contribution < 1.29 is 18.7 Å². The molecule has 21 heavy (non-hydrogen) atoms. The van der Waals surface area contributed by atoms with Gasteiger partial charge in [0.15, 0.2) is 5.76 Å². The number of nitrogen functional groups attached to an aromatic ring is 1. The maximum Gasteiger partial charge on any atom is 0.301 e. The van der Waals surface area contributed by atoms with Crippen LogP contribution in [0.25, 0.3) is 0 Å². The second-order valence-electron chi connectivity index (χ2n) is 4.39. The van der Waals surface area contributed by atoms with Gasteiger partial charge in [-0.3, -0.25) is 10.2 Å². The molecule has 6 nitrogen and oxygen atoms in total. The Kier molecular flexibility index (Phi) is 4.84. The van der Waals surface area contributed by atoms with Gasteiger partial charge in [-0.1, -0.05) is 6.07 Å². The first kappa shape index (κ1) is 14.9. The van der Waals surface area contributed by atoms with E-state index in [2.05, 4.69) is 0 Å². The van der Waals surface area contributed by atoms with E-state index in [1.54, 1.807) is 19.1 Å². The molecule has 0 aliphatic heterocycles. The van der Waals surface area contributed by atoms with E-state index < -0.39 is 5.91 Å². The summed E-state index contributed by atoms with van der Waals surface area (Å²) >= 11 is 0. The number of carbonyl (C=O) groups excluding carboxylic acids is 1. The van der Waals surface area contributed by atoms with Gasteiger partial charge < -0.3 is 13.9 Å². The van der Waals surface area contributed by atoms with Gasteiger partial charge in [-0.2, -0.15) is 0 Å². The Morgan fingerprint density at radius 2 is 2.00 bits per heavy atom. The van der Waals surface area contributed by atoms with Crippen LogP contribution in [0.5, 0.6) is 11.5 Å². The van der Waals surface area contributed by atoms with E-state index in [-0.39, 0.29) is 12.4 Å². The molecule has 1 amide bonds. The van der Waals surface area contributed by atoms with E-state index in [9.17, 15) is 4.79 Å². The smallest absolute Gasteiger partial charge is 0.301 e. The lowest BCUT2D eigenvalue weighted by molar-refractivity contribution is 0.0921. The molecule has 0 aliphatic rings. The molecule has 0 bridgehead atoms. The molecule has 0 spiro atoms. The molecule has 112 valence electrons. The van der Waals surface area contributed by atoms with Crippen molar-refractivity contribution in [3.8, 4) is 11.5 Å². The van der Waals surface area contributed by atoms with Crippen LogP contribution in [0, 0.1) is 6.92 Å². The number of amides is 1. The van der Waals surface area contributed by atoms with Crippen molar-refractivity contribution in [2.24, 2.45) is 5.84 Å². The summed E-state index contributed by atoms with van der Waals surface area (Å²) in [7, 11) is 0. The molecular weight excluding hydrogens is 272 g/mol. The van der Waals surface area contributed by atoms with Crippen molar-refractivity contribution in [2.45, 2.75) is 20.5 Å². The Hall–Kier alpha value is -2.47. The zero-order valence-corrected chi connectivity index (χ0v) is 12.0. The number of carbonyl (C=O) groups is 1. The summed E-state index contributed by atoms with van der Waals surface area (Å²) < 4.78 is 16.4. The first-order valence-electron chi connectivity index (χ1n) is 6.60. The number of ether oxygens (including phenoxy) is 2. The van der Waals surface area contributed by atoms with Gasteiger partial charge in [0.05, 0.1) is 6.61 Å². The fraction of sp³-hybridized carbons (Fsp3) is 0.267. The Balaban J connectivity index is 2.03. The quantitative estimate of drug-likeness (QED) is 0.483. The highest BCUT2D eigenvalue weighted by molar-refractivity contribution is 5.92. The Morgan fingerprint density at radius 3 is 2.67 bits per heavy atom. The van der Waals surface area contributed by atoms with E-state index in [0.29, 0.717) is 23.7 Å². The normalized spacial score (nSPS) is 10.2. The monoisotopic (exact) mass is 290 g/mol. The van der Waals surface area contributed by atoms with E-state index in [4.69, 9.17) is 19.7 Å². The first-order chi connectivity index (χ1) is 10.1. The maximum atomic E-state index is 11.5. The second-order valence-corrected chi connectivity index (χ2v) is 4.39. The highest BCUT2D eigenvalue weighted by atomic mass is 16.5. The molecule has 2 aromatic rings. The van der Waals surface area contributed by atoms with Gasteiger partial charge in [0.2, 0.25) is 0 Å². The molecule has 6 heteroatoms. The van der Waals surface area contributed by atoms with Crippen LogP contribution in [-0.2, 0) is 6.61 Å². The molecule has 0 radical (unpaired) electrons. The Labute approximate surface area is 122 Å². The molecule has 0 fully saturated rings. The van der Waals surface area contributed by atoms with Crippen molar-refractivity contribution in [3.63, 3.8) is 0 Å². The number of hydrazine groups is 1. The van der Waals surface area contributed by atoms with Gasteiger partial charge in [0.25, 0.3) is 0 Å². The number of rotatable bonds is 6. The van der Waals surface area contributed by atoms with E-state index in [1.165, 1.54) is 0 Å². The lowest BCUT2D eigenvalue weighted by atomic mass is 10.2. The van der Waals surface area contributed by atoms with Gasteiger partial charge in [0, 0.05) is 11.6 Å². The van der Waals surface area contributed by atoms with Crippen LogP contribution in [0.4, 0.5) is 0 Å². The molecule has 0 unspecified atom stereocenters. The summed E-state index contributed by atoms with van der Waals surface area (Å²) in [6, 6.07) is 9.08. The molecule has 0 aliphatic carbocycles. The van der Waals surface area contributed by atoms with Crippen LogP contribution >= 0.6 is 0 Å². The zero-order chi connectivity index (χ0) is 15.2. The van der Waals surface area contributed by atoms with Crippen LogP contribution < -0.4 is 20.7 Å². The number of hydrogen-bond acceptors (Lipinski definition) is 5. The van der Waals surface area contributed by atoms with Gasteiger partial charge in [-0.15, -0.1) is 0 Å². The van der Waals surface area contributed by atoms with Gasteiger partial charge in [0.1, 0.15) is 23.9 Å². The summed E-state index contributed by atoms with van der Waals surface area (Å²) in [6.07, 6.45) is 0. The van der Waals surface area contributed by atoms with Gasteiger partial charge in [-0.05, 0) is 32.0 Å². The third kappa shape index (κ3) is 3.76. The number of aryl methyl sites for hydroxylation is 1. The zero-order valence-electron chi connectivity index (χ0n) is 12.0.